The van der Waals surface area contributed by atoms with Gasteiger partial charge in [-0.15, -0.1) is 0 Å². The Labute approximate surface area is 160 Å². The lowest BCUT2D eigenvalue weighted by Gasteiger charge is -2.38. The van der Waals surface area contributed by atoms with E-state index in [1.165, 1.54) is 0 Å². The van der Waals surface area contributed by atoms with E-state index in [9.17, 15) is 14.7 Å². The number of amides is 2. The molecule has 1 unspecified atom stereocenters. The molecule has 7 heteroatoms. The number of pyridine rings is 1. The lowest BCUT2D eigenvalue weighted by molar-refractivity contribution is -0.120. The van der Waals surface area contributed by atoms with Crippen molar-refractivity contribution in [1.82, 2.24) is 20.1 Å². The summed E-state index contributed by atoms with van der Waals surface area (Å²) in [4.78, 5) is 32.0. The van der Waals surface area contributed by atoms with Gasteiger partial charge >= 0.3 is 0 Å². The number of nitrogens with zero attached hydrogens (tertiary/aromatic N) is 3. The number of aromatic nitrogens is 1. The van der Waals surface area contributed by atoms with Gasteiger partial charge in [0.05, 0.1) is 11.2 Å². The van der Waals surface area contributed by atoms with Crippen LogP contribution in [0.15, 0.2) is 24.5 Å². The molecule has 1 atom stereocenters. The molecule has 2 amide bonds. The Morgan fingerprint density at radius 2 is 2.04 bits per heavy atom. The topological polar surface area (TPSA) is 85.8 Å². The molecule has 1 aromatic heterocycles. The summed E-state index contributed by atoms with van der Waals surface area (Å²) in [5.74, 6) is 0.0118. The van der Waals surface area contributed by atoms with Gasteiger partial charge in [-0.25, -0.2) is 0 Å². The smallest absolute Gasteiger partial charge is 0.255 e. The molecule has 0 aliphatic carbocycles. The van der Waals surface area contributed by atoms with E-state index in [1.807, 2.05) is 4.90 Å². The van der Waals surface area contributed by atoms with Gasteiger partial charge in [-0.2, -0.15) is 0 Å². The molecule has 148 valence electrons. The summed E-state index contributed by atoms with van der Waals surface area (Å²) in [6, 6.07) is 3.80. The molecule has 0 aromatic carbocycles. The molecule has 0 saturated carbocycles. The highest BCUT2D eigenvalue weighted by Gasteiger charge is 2.34. The van der Waals surface area contributed by atoms with Crippen molar-refractivity contribution in [2.75, 3.05) is 32.7 Å². The zero-order valence-electron chi connectivity index (χ0n) is 16.1. The number of piperidine rings is 1. The zero-order chi connectivity index (χ0) is 19.3. The number of nitrogens with one attached hydrogen (secondary N) is 1. The molecular weight excluding hydrogens is 344 g/mol. The third kappa shape index (κ3) is 5.49. The quantitative estimate of drug-likeness (QED) is 0.822. The first-order valence-electron chi connectivity index (χ1n) is 9.86. The molecule has 3 rings (SSSR count). The molecule has 2 aliphatic rings. The van der Waals surface area contributed by atoms with Crippen molar-refractivity contribution in [3.8, 4) is 0 Å². The van der Waals surface area contributed by atoms with Gasteiger partial charge < -0.3 is 20.2 Å². The summed E-state index contributed by atoms with van der Waals surface area (Å²) in [5, 5.41) is 14.1. The van der Waals surface area contributed by atoms with Crippen molar-refractivity contribution in [3.05, 3.63) is 30.1 Å². The van der Waals surface area contributed by atoms with Crippen LogP contribution in [0.2, 0.25) is 0 Å². The Morgan fingerprint density at radius 1 is 1.26 bits per heavy atom. The molecule has 2 saturated heterocycles. The fraction of sp³-hybridized carbons (Fsp3) is 0.650. The number of likely N-dealkylation sites (tertiary alicyclic amines) is 2. The average molecular weight is 374 g/mol. The largest absolute Gasteiger partial charge is 0.388 e. The monoisotopic (exact) mass is 374 g/mol. The Morgan fingerprint density at radius 3 is 2.70 bits per heavy atom. The van der Waals surface area contributed by atoms with Gasteiger partial charge in [0.2, 0.25) is 5.91 Å². The van der Waals surface area contributed by atoms with E-state index in [0.717, 1.165) is 32.4 Å². The number of hydrogen-bond donors (Lipinski definition) is 2. The summed E-state index contributed by atoms with van der Waals surface area (Å²) >= 11 is 0. The number of hydrogen-bond acceptors (Lipinski definition) is 5. The van der Waals surface area contributed by atoms with Crippen LogP contribution >= 0.6 is 0 Å². The molecule has 0 bridgehead atoms. The highest BCUT2D eigenvalue weighted by molar-refractivity contribution is 5.93. The van der Waals surface area contributed by atoms with E-state index in [-0.39, 0.29) is 17.9 Å². The van der Waals surface area contributed by atoms with Crippen molar-refractivity contribution >= 4 is 11.8 Å². The van der Waals surface area contributed by atoms with E-state index in [2.05, 4.69) is 15.2 Å². The van der Waals surface area contributed by atoms with Gasteiger partial charge in [-0.1, -0.05) is 0 Å². The van der Waals surface area contributed by atoms with Crippen LogP contribution in [0.3, 0.4) is 0 Å². The molecule has 3 heterocycles. The van der Waals surface area contributed by atoms with Gasteiger partial charge in [-0.3, -0.25) is 14.6 Å². The minimum absolute atomic E-state index is 0.0107. The minimum Gasteiger partial charge on any atom is -0.388 e. The van der Waals surface area contributed by atoms with Crippen molar-refractivity contribution in [2.24, 2.45) is 0 Å². The zero-order valence-corrected chi connectivity index (χ0v) is 16.1. The molecule has 2 N–H and O–H groups in total. The molecule has 27 heavy (non-hydrogen) atoms. The van der Waals surface area contributed by atoms with Gasteiger partial charge in [0.25, 0.3) is 5.91 Å². The maximum atomic E-state index is 12.6. The van der Waals surface area contributed by atoms with Crippen LogP contribution in [0, 0.1) is 0 Å². The highest BCUT2D eigenvalue weighted by Crippen LogP contribution is 2.26. The summed E-state index contributed by atoms with van der Waals surface area (Å²) in [6.07, 6.45) is 7.18. The Bertz CT molecular complexity index is 646. The van der Waals surface area contributed by atoms with E-state index in [1.54, 1.807) is 31.5 Å². The van der Waals surface area contributed by atoms with Crippen molar-refractivity contribution in [1.29, 1.82) is 0 Å². The molecule has 1 aromatic rings. The van der Waals surface area contributed by atoms with Crippen molar-refractivity contribution in [3.63, 3.8) is 0 Å². The van der Waals surface area contributed by atoms with Crippen LogP contribution in [0.25, 0.3) is 0 Å². The van der Waals surface area contributed by atoms with Crippen LogP contribution in [0.1, 0.15) is 49.4 Å². The molecular formula is C20H30N4O3. The first-order chi connectivity index (χ1) is 13.0. The summed E-state index contributed by atoms with van der Waals surface area (Å²) in [5.41, 5.74) is -0.159. The molecule has 2 aliphatic heterocycles. The Kier molecular flexibility index (Phi) is 6.44. The van der Waals surface area contributed by atoms with Crippen LogP contribution in [0.4, 0.5) is 0 Å². The third-order valence-corrected chi connectivity index (χ3v) is 5.63. The van der Waals surface area contributed by atoms with Gasteiger partial charge in [0.15, 0.2) is 0 Å². The number of rotatable bonds is 4. The molecule has 0 spiro atoms. The first kappa shape index (κ1) is 19.8. The minimum atomic E-state index is -0.759. The van der Waals surface area contributed by atoms with Gasteiger partial charge in [-0.05, 0) is 44.2 Å². The lowest BCUT2D eigenvalue weighted by Crippen LogP contribution is -2.50. The number of β-amino-alcohol motifs (C(OH)–C–C–N with tert-alkyl or cyclic N) is 1. The van der Waals surface area contributed by atoms with Crippen molar-refractivity contribution < 1.29 is 14.7 Å². The lowest BCUT2D eigenvalue weighted by atomic mass is 9.93. The highest BCUT2D eigenvalue weighted by atomic mass is 16.3. The second kappa shape index (κ2) is 8.80. The van der Waals surface area contributed by atoms with Crippen LogP contribution in [-0.4, -0.2) is 76.1 Å². The Hall–Kier alpha value is -1.99. The van der Waals surface area contributed by atoms with Crippen LogP contribution < -0.4 is 5.32 Å². The first-order valence-corrected chi connectivity index (χ1v) is 9.86. The summed E-state index contributed by atoms with van der Waals surface area (Å²) < 4.78 is 0. The van der Waals surface area contributed by atoms with Crippen LogP contribution in [-0.2, 0) is 4.79 Å². The predicted octanol–water partition coefficient (Wildman–Crippen LogP) is 1.04. The second-order valence-electron chi connectivity index (χ2n) is 7.86. The van der Waals surface area contributed by atoms with Crippen molar-refractivity contribution in [2.45, 2.75) is 50.7 Å². The standard InChI is InChI=1S/C20H30N4O3/c1-16(25)22-18-5-11-23(12-6-18)15-20(27)7-3-10-24(13-8-20)19(26)17-4-2-9-21-14-17/h2,4,9,14,18,27H,3,5-8,10-13,15H2,1H3,(H,22,25). The Balaban J connectivity index is 1.51. The van der Waals surface area contributed by atoms with Gasteiger partial charge in [0, 0.05) is 58.1 Å². The second-order valence-corrected chi connectivity index (χ2v) is 7.86. The fourth-order valence-corrected chi connectivity index (χ4v) is 4.15. The van der Waals surface area contributed by atoms with E-state index in [4.69, 9.17) is 0 Å². The van der Waals surface area contributed by atoms with Crippen LogP contribution in [0.5, 0.6) is 0 Å². The maximum absolute atomic E-state index is 12.6. The molecule has 7 nitrogen and oxygen atoms in total. The molecule has 0 radical (unpaired) electrons. The average Bonchev–Trinajstić information content (AvgIpc) is 2.85. The van der Waals surface area contributed by atoms with E-state index >= 15 is 0 Å². The predicted molar refractivity (Wildman–Crippen MR) is 102 cm³/mol. The molecule has 2 fully saturated rings. The summed E-state index contributed by atoms with van der Waals surface area (Å²) in [6.45, 7) is 5.18. The SMILES string of the molecule is CC(=O)NC1CCN(CC2(O)CCCN(C(=O)c3cccnc3)CC2)CC1. The van der Waals surface area contributed by atoms with E-state index < -0.39 is 5.60 Å². The number of aliphatic hydroxyl groups is 1. The number of carbonyl (C=O) groups excluding carboxylic acids is 2. The van der Waals surface area contributed by atoms with E-state index in [0.29, 0.717) is 38.0 Å². The third-order valence-electron chi connectivity index (χ3n) is 5.63. The normalized spacial score (nSPS) is 25.0. The fourth-order valence-electron chi connectivity index (χ4n) is 4.15. The maximum Gasteiger partial charge on any atom is 0.255 e. The number of carbonyl (C=O) groups is 2. The summed E-state index contributed by atoms with van der Waals surface area (Å²) in [7, 11) is 0. The van der Waals surface area contributed by atoms with Gasteiger partial charge in [0.1, 0.15) is 0 Å².